The molecule has 0 saturated carbocycles. The molecule has 0 spiro atoms. The van der Waals surface area contributed by atoms with Crippen LogP contribution in [0.15, 0.2) is 40.8 Å². The zero-order chi connectivity index (χ0) is 13.7. The third-order valence-corrected chi connectivity index (χ3v) is 3.28. The van der Waals surface area contributed by atoms with Crippen LogP contribution < -0.4 is 0 Å². The van der Waals surface area contributed by atoms with Crippen LogP contribution in [0.1, 0.15) is 29.4 Å². The van der Waals surface area contributed by atoms with Crippen molar-refractivity contribution in [1.82, 2.24) is 15.0 Å². The lowest BCUT2D eigenvalue weighted by atomic mass is 10.2. The zero-order valence-electron chi connectivity index (χ0n) is 10.4. The second kappa shape index (κ2) is 6.29. The molecule has 0 aromatic carbocycles. The molecule has 1 N–H and O–H groups in total. The molecular formula is C13H13N3O2S. The third kappa shape index (κ3) is 3.75. The van der Waals surface area contributed by atoms with Gasteiger partial charge >= 0.3 is 5.97 Å². The van der Waals surface area contributed by atoms with Crippen LogP contribution in [-0.4, -0.2) is 26.0 Å². The Morgan fingerprint density at radius 1 is 1.26 bits per heavy atom. The highest BCUT2D eigenvalue weighted by molar-refractivity contribution is 7.99. The Morgan fingerprint density at radius 2 is 2.11 bits per heavy atom. The Balaban J connectivity index is 2.12. The lowest BCUT2D eigenvalue weighted by Gasteiger charge is -2.02. The first-order valence-corrected chi connectivity index (χ1v) is 6.69. The highest BCUT2D eigenvalue weighted by Gasteiger charge is 2.05. The van der Waals surface area contributed by atoms with Crippen molar-refractivity contribution in [3.05, 3.63) is 42.0 Å². The fourth-order valence-corrected chi connectivity index (χ4v) is 2.25. The molecule has 2 heterocycles. The Kier molecular flexibility index (Phi) is 4.46. The molecule has 0 fully saturated rings. The van der Waals surface area contributed by atoms with Crippen molar-refractivity contribution < 1.29 is 9.90 Å². The van der Waals surface area contributed by atoms with Gasteiger partial charge in [0.25, 0.3) is 0 Å². The van der Waals surface area contributed by atoms with Crippen molar-refractivity contribution in [1.29, 1.82) is 0 Å². The first-order chi connectivity index (χ1) is 9.19. The second-order valence-electron chi connectivity index (χ2n) is 3.89. The van der Waals surface area contributed by atoms with Gasteiger partial charge in [0, 0.05) is 11.9 Å². The first kappa shape index (κ1) is 13.5. The van der Waals surface area contributed by atoms with Crippen LogP contribution in [0.3, 0.4) is 0 Å². The van der Waals surface area contributed by atoms with Crippen molar-refractivity contribution in [2.75, 3.05) is 0 Å². The number of pyridine rings is 1. The van der Waals surface area contributed by atoms with Crippen LogP contribution in [0, 0.1) is 0 Å². The van der Waals surface area contributed by atoms with Crippen molar-refractivity contribution in [3.8, 4) is 0 Å². The maximum Gasteiger partial charge on any atom is 0.337 e. The molecule has 0 bridgehead atoms. The van der Waals surface area contributed by atoms with Crippen LogP contribution in [0.4, 0.5) is 0 Å². The van der Waals surface area contributed by atoms with Crippen LogP contribution >= 0.6 is 11.8 Å². The summed E-state index contributed by atoms with van der Waals surface area (Å²) < 4.78 is 0. The van der Waals surface area contributed by atoms with E-state index in [1.807, 2.05) is 6.07 Å². The SMILES string of the molecule is CCCc1cc(Sc2ccc(C(=O)O)cn2)ncn1. The van der Waals surface area contributed by atoms with E-state index in [1.165, 1.54) is 24.0 Å². The Hall–Kier alpha value is -1.95. The van der Waals surface area contributed by atoms with Crippen molar-refractivity contribution in [3.63, 3.8) is 0 Å². The quantitative estimate of drug-likeness (QED) is 0.845. The Labute approximate surface area is 115 Å². The molecule has 2 aromatic rings. The van der Waals surface area contributed by atoms with Crippen LogP contribution in [0.5, 0.6) is 0 Å². The van der Waals surface area contributed by atoms with E-state index >= 15 is 0 Å². The monoisotopic (exact) mass is 275 g/mol. The van der Waals surface area contributed by atoms with Gasteiger partial charge in [0.1, 0.15) is 16.4 Å². The third-order valence-electron chi connectivity index (χ3n) is 2.40. The average Bonchev–Trinajstić information content (AvgIpc) is 2.40. The molecule has 2 rings (SSSR count). The summed E-state index contributed by atoms with van der Waals surface area (Å²) in [6, 6.07) is 5.14. The van der Waals surface area contributed by atoms with Gasteiger partial charge in [-0.3, -0.25) is 0 Å². The number of rotatable bonds is 5. The predicted molar refractivity (Wildman–Crippen MR) is 71.3 cm³/mol. The number of hydrogen-bond acceptors (Lipinski definition) is 5. The standard InChI is InChI=1S/C13H13N3O2S/c1-2-3-10-6-12(16-8-15-10)19-11-5-4-9(7-14-11)13(17)18/h4-8H,2-3H2,1H3,(H,17,18). The van der Waals surface area contributed by atoms with E-state index in [9.17, 15) is 4.79 Å². The maximum atomic E-state index is 10.7. The van der Waals surface area contributed by atoms with E-state index in [0.29, 0.717) is 5.03 Å². The lowest BCUT2D eigenvalue weighted by Crippen LogP contribution is -1.97. The minimum absolute atomic E-state index is 0.179. The molecule has 6 heteroatoms. The van der Waals surface area contributed by atoms with Crippen LogP contribution in [0.25, 0.3) is 0 Å². The van der Waals surface area contributed by atoms with Crippen molar-refractivity contribution in [2.45, 2.75) is 29.8 Å². The van der Waals surface area contributed by atoms with Crippen molar-refractivity contribution >= 4 is 17.7 Å². The number of aryl methyl sites for hydroxylation is 1. The number of aromatic carboxylic acids is 1. The second-order valence-corrected chi connectivity index (χ2v) is 4.93. The summed E-state index contributed by atoms with van der Waals surface area (Å²) in [4.78, 5) is 23.2. The normalized spacial score (nSPS) is 10.4. The number of carboxylic acid groups (broad SMARTS) is 1. The zero-order valence-corrected chi connectivity index (χ0v) is 11.2. The highest BCUT2D eigenvalue weighted by atomic mass is 32.2. The van der Waals surface area contributed by atoms with Gasteiger partial charge in [-0.25, -0.2) is 19.7 Å². The van der Waals surface area contributed by atoms with Gasteiger partial charge in [0.2, 0.25) is 0 Å². The molecule has 0 aliphatic carbocycles. The Bertz CT molecular complexity index is 572. The van der Waals surface area contributed by atoms with E-state index in [1.54, 1.807) is 12.4 Å². The van der Waals surface area contributed by atoms with E-state index in [-0.39, 0.29) is 5.56 Å². The summed E-state index contributed by atoms with van der Waals surface area (Å²) in [7, 11) is 0. The molecule has 0 atom stereocenters. The fourth-order valence-electron chi connectivity index (χ4n) is 1.50. The molecule has 0 aliphatic rings. The molecule has 5 nitrogen and oxygen atoms in total. The van der Waals surface area contributed by atoms with E-state index in [4.69, 9.17) is 5.11 Å². The van der Waals surface area contributed by atoms with E-state index < -0.39 is 5.97 Å². The van der Waals surface area contributed by atoms with Gasteiger partial charge in [-0.05, 0) is 36.4 Å². The van der Waals surface area contributed by atoms with Gasteiger partial charge in [-0.1, -0.05) is 13.3 Å². The average molecular weight is 275 g/mol. The molecule has 0 aliphatic heterocycles. The number of hydrogen-bond donors (Lipinski definition) is 1. The summed E-state index contributed by atoms with van der Waals surface area (Å²) in [6.45, 7) is 2.10. The smallest absolute Gasteiger partial charge is 0.337 e. The fraction of sp³-hybridized carbons (Fsp3) is 0.231. The van der Waals surface area contributed by atoms with Gasteiger partial charge in [0.05, 0.1) is 5.56 Å². The Morgan fingerprint density at radius 3 is 2.74 bits per heavy atom. The van der Waals surface area contributed by atoms with Gasteiger partial charge in [-0.15, -0.1) is 0 Å². The summed E-state index contributed by atoms with van der Waals surface area (Å²) in [5, 5.41) is 10.3. The number of carbonyl (C=O) groups is 1. The first-order valence-electron chi connectivity index (χ1n) is 5.87. The summed E-state index contributed by atoms with van der Waals surface area (Å²) >= 11 is 1.39. The van der Waals surface area contributed by atoms with Crippen LogP contribution in [0.2, 0.25) is 0 Å². The molecule has 98 valence electrons. The van der Waals surface area contributed by atoms with Gasteiger partial charge < -0.3 is 5.11 Å². The highest BCUT2D eigenvalue weighted by Crippen LogP contribution is 2.24. The van der Waals surface area contributed by atoms with Crippen LogP contribution in [-0.2, 0) is 6.42 Å². The summed E-state index contributed by atoms with van der Waals surface area (Å²) in [6.07, 6.45) is 4.84. The number of nitrogens with zero attached hydrogens (tertiary/aromatic N) is 3. The van der Waals surface area contributed by atoms with E-state index in [2.05, 4.69) is 21.9 Å². The molecule has 0 amide bonds. The summed E-state index contributed by atoms with van der Waals surface area (Å²) in [5.74, 6) is -0.976. The summed E-state index contributed by atoms with van der Waals surface area (Å²) in [5.41, 5.74) is 1.18. The molecule has 0 unspecified atom stereocenters. The lowest BCUT2D eigenvalue weighted by molar-refractivity contribution is 0.0696. The van der Waals surface area contributed by atoms with Gasteiger partial charge in [-0.2, -0.15) is 0 Å². The largest absolute Gasteiger partial charge is 0.478 e. The minimum Gasteiger partial charge on any atom is -0.478 e. The number of carboxylic acids is 1. The van der Waals surface area contributed by atoms with Crippen molar-refractivity contribution in [2.24, 2.45) is 0 Å². The molecule has 19 heavy (non-hydrogen) atoms. The van der Waals surface area contributed by atoms with E-state index in [0.717, 1.165) is 23.6 Å². The topological polar surface area (TPSA) is 76.0 Å². The minimum atomic E-state index is -0.976. The molecule has 0 saturated heterocycles. The molecule has 0 radical (unpaired) electrons. The number of aromatic nitrogens is 3. The molecule has 2 aromatic heterocycles. The maximum absolute atomic E-state index is 10.7. The van der Waals surface area contributed by atoms with Gasteiger partial charge in [0.15, 0.2) is 0 Å². The molecular weight excluding hydrogens is 262 g/mol. The predicted octanol–water partition coefficient (Wildman–Crippen LogP) is 2.67.